The highest BCUT2D eigenvalue weighted by atomic mass is 32.2. The molecule has 0 aromatic heterocycles. The maximum absolute atomic E-state index is 13.6. The van der Waals surface area contributed by atoms with Gasteiger partial charge in [-0.15, -0.1) is 0 Å². The summed E-state index contributed by atoms with van der Waals surface area (Å²) in [5, 5.41) is 3.01. The molecule has 0 aliphatic heterocycles. The van der Waals surface area contributed by atoms with Gasteiger partial charge in [0.15, 0.2) is 0 Å². The van der Waals surface area contributed by atoms with Crippen molar-refractivity contribution in [3.63, 3.8) is 0 Å². The Morgan fingerprint density at radius 1 is 1.03 bits per heavy atom. The second-order valence-electron chi connectivity index (χ2n) is 7.68. The van der Waals surface area contributed by atoms with Crippen LogP contribution < -0.4 is 14.8 Å². The number of nitrogens with one attached hydrogen (secondary N) is 1. The van der Waals surface area contributed by atoms with E-state index in [1.54, 1.807) is 6.07 Å². The van der Waals surface area contributed by atoms with Gasteiger partial charge in [-0.1, -0.05) is 49.6 Å². The molecule has 0 heterocycles. The third kappa shape index (κ3) is 5.98. The van der Waals surface area contributed by atoms with Crippen LogP contribution in [0.1, 0.15) is 37.7 Å². The lowest BCUT2D eigenvalue weighted by atomic mass is 9.95. The molecule has 1 aliphatic rings. The van der Waals surface area contributed by atoms with Gasteiger partial charge in [0.25, 0.3) is 0 Å². The molecule has 0 unspecified atom stereocenters. The average Bonchev–Trinajstić information content (AvgIpc) is 2.79. The van der Waals surface area contributed by atoms with E-state index in [0.717, 1.165) is 31.2 Å². The number of amides is 1. The number of rotatable bonds is 9. The van der Waals surface area contributed by atoms with Gasteiger partial charge < -0.3 is 14.8 Å². The van der Waals surface area contributed by atoms with Crippen molar-refractivity contribution < 1.29 is 22.7 Å². The zero-order chi connectivity index (χ0) is 22.3. The predicted molar refractivity (Wildman–Crippen MR) is 119 cm³/mol. The number of carbonyl (C=O) groups is 1. The standard InChI is InChI=1S/C23H30N2O5S/c1-29-20-13-14-22(21(15-20)30-2)31(27,28)25(16-18-9-5-3-6-10-18)17-23(26)24-19-11-7-4-8-12-19/h3,5-6,9-10,13-15,19H,4,7-8,11-12,16-17H2,1-2H3,(H,24,26). The normalized spacial score (nSPS) is 14.9. The van der Waals surface area contributed by atoms with Crippen molar-refractivity contribution in [3.8, 4) is 11.5 Å². The summed E-state index contributed by atoms with van der Waals surface area (Å²) in [5.74, 6) is 0.365. The van der Waals surface area contributed by atoms with Gasteiger partial charge in [0.05, 0.1) is 20.8 Å². The minimum absolute atomic E-state index is 0.00259. The lowest BCUT2D eigenvalue weighted by molar-refractivity contribution is -0.122. The predicted octanol–water partition coefficient (Wildman–Crippen LogP) is 3.34. The Balaban J connectivity index is 1.88. The smallest absolute Gasteiger partial charge is 0.247 e. The average molecular weight is 447 g/mol. The number of carbonyl (C=O) groups excluding carboxylic acids is 1. The zero-order valence-corrected chi connectivity index (χ0v) is 18.9. The number of hydrogen-bond acceptors (Lipinski definition) is 5. The Morgan fingerprint density at radius 2 is 1.74 bits per heavy atom. The van der Waals surface area contributed by atoms with Crippen LogP contribution in [0.5, 0.6) is 11.5 Å². The van der Waals surface area contributed by atoms with Gasteiger partial charge in [-0.25, -0.2) is 8.42 Å². The summed E-state index contributed by atoms with van der Waals surface area (Å²) in [6.45, 7) is -0.181. The molecule has 0 saturated heterocycles. The van der Waals surface area contributed by atoms with Gasteiger partial charge in [0.1, 0.15) is 16.4 Å². The fourth-order valence-corrected chi connectivity index (χ4v) is 5.34. The number of hydrogen-bond donors (Lipinski definition) is 1. The largest absolute Gasteiger partial charge is 0.497 e. The van der Waals surface area contributed by atoms with Gasteiger partial charge >= 0.3 is 0 Å². The van der Waals surface area contributed by atoms with Crippen LogP contribution in [0.3, 0.4) is 0 Å². The molecular weight excluding hydrogens is 416 g/mol. The minimum Gasteiger partial charge on any atom is -0.497 e. The second kappa shape index (κ2) is 10.6. The van der Waals surface area contributed by atoms with Crippen molar-refractivity contribution in [1.82, 2.24) is 9.62 Å². The number of nitrogens with zero attached hydrogens (tertiary/aromatic N) is 1. The van der Waals surface area contributed by atoms with E-state index < -0.39 is 10.0 Å². The minimum atomic E-state index is -4.01. The van der Waals surface area contributed by atoms with E-state index in [4.69, 9.17) is 9.47 Å². The number of benzene rings is 2. The van der Waals surface area contributed by atoms with Crippen molar-refractivity contribution in [3.05, 3.63) is 54.1 Å². The van der Waals surface area contributed by atoms with E-state index in [0.29, 0.717) is 5.75 Å². The molecule has 8 heteroatoms. The van der Waals surface area contributed by atoms with E-state index in [2.05, 4.69) is 5.32 Å². The SMILES string of the molecule is COc1ccc(S(=O)(=O)N(CC(=O)NC2CCCCC2)Cc2ccccc2)c(OC)c1. The van der Waals surface area contributed by atoms with E-state index in [1.165, 1.54) is 37.1 Å². The first kappa shape index (κ1) is 23.1. The van der Waals surface area contributed by atoms with Gasteiger partial charge in [0.2, 0.25) is 15.9 Å². The van der Waals surface area contributed by atoms with Crippen LogP contribution in [0.2, 0.25) is 0 Å². The molecule has 1 saturated carbocycles. The van der Waals surface area contributed by atoms with Gasteiger partial charge in [0, 0.05) is 18.7 Å². The maximum Gasteiger partial charge on any atom is 0.247 e. The van der Waals surface area contributed by atoms with Crippen LogP contribution in [-0.4, -0.2) is 45.4 Å². The fraction of sp³-hybridized carbons (Fsp3) is 0.435. The fourth-order valence-electron chi connectivity index (χ4n) is 3.82. The third-order valence-electron chi connectivity index (χ3n) is 5.48. The molecule has 1 N–H and O–H groups in total. The Kier molecular flexibility index (Phi) is 7.92. The van der Waals surface area contributed by atoms with E-state index >= 15 is 0 Å². The molecule has 0 spiro atoms. The van der Waals surface area contributed by atoms with E-state index in [-0.39, 0.29) is 35.7 Å². The van der Waals surface area contributed by atoms with Gasteiger partial charge in [-0.05, 0) is 30.5 Å². The molecule has 168 valence electrons. The van der Waals surface area contributed by atoms with Crippen LogP contribution >= 0.6 is 0 Å². The number of sulfonamides is 1. The second-order valence-corrected chi connectivity index (χ2v) is 9.58. The molecule has 2 aromatic rings. The Hall–Kier alpha value is -2.58. The van der Waals surface area contributed by atoms with Crippen LogP contribution in [0.15, 0.2) is 53.4 Å². The van der Waals surface area contributed by atoms with Crippen LogP contribution in [-0.2, 0) is 21.4 Å². The van der Waals surface area contributed by atoms with Crippen molar-refractivity contribution >= 4 is 15.9 Å². The quantitative estimate of drug-likeness (QED) is 0.639. The first-order valence-corrected chi connectivity index (χ1v) is 11.9. The van der Waals surface area contributed by atoms with Gasteiger partial charge in [-0.2, -0.15) is 4.31 Å². The highest BCUT2D eigenvalue weighted by Crippen LogP contribution is 2.31. The summed E-state index contributed by atoms with van der Waals surface area (Å²) in [4.78, 5) is 12.8. The van der Waals surface area contributed by atoms with Gasteiger partial charge in [-0.3, -0.25) is 4.79 Å². The lowest BCUT2D eigenvalue weighted by Crippen LogP contribution is -2.44. The van der Waals surface area contributed by atoms with Crippen molar-refractivity contribution in [2.45, 2.75) is 49.6 Å². The molecule has 1 amide bonds. The number of methoxy groups -OCH3 is 2. The molecular formula is C23H30N2O5S. The summed E-state index contributed by atoms with van der Waals surface area (Å²) >= 11 is 0. The summed E-state index contributed by atoms with van der Waals surface area (Å²) in [7, 11) is -1.10. The van der Waals surface area contributed by atoms with E-state index in [9.17, 15) is 13.2 Å². The summed E-state index contributed by atoms with van der Waals surface area (Å²) in [5.41, 5.74) is 0.795. The van der Waals surface area contributed by atoms with E-state index in [1.807, 2.05) is 30.3 Å². The maximum atomic E-state index is 13.6. The lowest BCUT2D eigenvalue weighted by Gasteiger charge is -2.26. The third-order valence-corrected chi connectivity index (χ3v) is 7.31. The molecule has 1 fully saturated rings. The van der Waals surface area contributed by atoms with Crippen molar-refractivity contribution in [2.24, 2.45) is 0 Å². The summed E-state index contributed by atoms with van der Waals surface area (Å²) < 4.78 is 38.8. The molecule has 0 radical (unpaired) electrons. The first-order valence-electron chi connectivity index (χ1n) is 10.5. The van der Waals surface area contributed by atoms with Crippen LogP contribution in [0.25, 0.3) is 0 Å². The molecule has 2 aromatic carbocycles. The van der Waals surface area contributed by atoms with Crippen molar-refractivity contribution in [2.75, 3.05) is 20.8 Å². The highest BCUT2D eigenvalue weighted by molar-refractivity contribution is 7.89. The Bertz CT molecular complexity index is 973. The summed E-state index contributed by atoms with van der Waals surface area (Å²) in [6, 6.07) is 13.9. The molecule has 7 nitrogen and oxygen atoms in total. The molecule has 0 atom stereocenters. The highest BCUT2D eigenvalue weighted by Gasteiger charge is 2.30. The van der Waals surface area contributed by atoms with Crippen LogP contribution in [0.4, 0.5) is 0 Å². The van der Waals surface area contributed by atoms with Crippen LogP contribution in [0, 0.1) is 0 Å². The molecule has 31 heavy (non-hydrogen) atoms. The Morgan fingerprint density at radius 3 is 2.39 bits per heavy atom. The zero-order valence-electron chi connectivity index (χ0n) is 18.0. The number of ether oxygens (including phenoxy) is 2. The van der Waals surface area contributed by atoms with Crippen molar-refractivity contribution in [1.29, 1.82) is 0 Å². The topological polar surface area (TPSA) is 84.9 Å². The molecule has 3 rings (SSSR count). The molecule has 0 bridgehead atoms. The Labute approximate surface area is 184 Å². The summed E-state index contributed by atoms with van der Waals surface area (Å²) in [6.07, 6.45) is 5.21. The molecule has 1 aliphatic carbocycles. The monoisotopic (exact) mass is 446 g/mol. The first-order chi connectivity index (χ1) is 14.9.